The molecule has 4 rings (SSSR count). The molecule has 2 aliphatic rings. The highest BCUT2D eigenvalue weighted by atomic mass is 16.5. The molecule has 1 aromatic heterocycles. The number of rotatable bonds is 10. The summed E-state index contributed by atoms with van der Waals surface area (Å²) in [5.74, 6) is 0.516. The molecule has 0 aliphatic heterocycles. The lowest BCUT2D eigenvalue weighted by Gasteiger charge is -2.30. The maximum absolute atomic E-state index is 12.8. The lowest BCUT2D eigenvalue weighted by Crippen LogP contribution is -2.32. The number of amides is 2. The molecule has 8 heteroatoms. The molecule has 0 radical (unpaired) electrons. The van der Waals surface area contributed by atoms with Crippen LogP contribution in [-0.4, -0.2) is 35.4 Å². The number of anilines is 3. The van der Waals surface area contributed by atoms with Gasteiger partial charge in [-0.15, -0.1) is 0 Å². The molecule has 2 saturated carbocycles. The van der Waals surface area contributed by atoms with E-state index >= 15 is 0 Å². The van der Waals surface area contributed by atoms with E-state index in [0.29, 0.717) is 35.7 Å². The fraction of sp³-hybridized carbons (Fsp3) is 0.560. The molecule has 2 unspecified atom stereocenters. The Hall–Kier alpha value is -3.03. The summed E-state index contributed by atoms with van der Waals surface area (Å²) in [6.07, 6.45) is 2.84. The molecule has 2 amide bonds. The Kier molecular flexibility index (Phi) is 6.63. The van der Waals surface area contributed by atoms with Crippen LogP contribution in [0.1, 0.15) is 70.1 Å². The van der Waals surface area contributed by atoms with Crippen LogP contribution in [0.4, 0.5) is 22.1 Å². The Balaban J connectivity index is 1.57. The molecule has 0 bridgehead atoms. The first-order valence-corrected chi connectivity index (χ1v) is 11.9. The molecule has 2 fully saturated rings. The van der Waals surface area contributed by atoms with Crippen LogP contribution in [0.15, 0.2) is 28.8 Å². The first-order chi connectivity index (χ1) is 15.7. The van der Waals surface area contributed by atoms with Gasteiger partial charge < -0.3 is 19.8 Å². The first kappa shape index (κ1) is 23.1. The van der Waals surface area contributed by atoms with Gasteiger partial charge in [0.1, 0.15) is 0 Å². The monoisotopic (exact) mass is 454 g/mol. The summed E-state index contributed by atoms with van der Waals surface area (Å²) in [6.45, 7) is 10.4. The zero-order valence-electron chi connectivity index (χ0n) is 19.8. The minimum Gasteiger partial charge on any atom is -0.481 e. The lowest BCUT2D eigenvalue weighted by molar-refractivity contribution is -0.138. The number of hydrogen-bond donors (Lipinski definition) is 3. The normalized spacial score (nSPS) is 19.6. The number of carboxylic acid groups (broad SMARTS) is 1. The van der Waals surface area contributed by atoms with Crippen LogP contribution in [0.2, 0.25) is 0 Å². The van der Waals surface area contributed by atoms with Crippen molar-refractivity contribution < 1.29 is 19.2 Å². The van der Waals surface area contributed by atoms with Gasteiger partial charge in [-0.1, -0.05) is 38.9 Å². The molecule has 3 N–H and O–H groups in total. The largest absolute Gasteiger partial charge is 0.481 e. The van der Waals surface area contributed by atoms with Crippen molar-refractivity contribution in [3.63, 3.8) is 0 Å². The smallest absolute Gasteiger partial charge is 0.326 e. The quantitative estimate of drug-likeness (QED) is 0.437. The molecular formula is C25H34N4O4. The predicted octanol–water partition coefficient (Wildman–Crippen LogP) is 5.50. The number of carbonyl (C=O) groups is 2. The molecule has 2 aliphatic carbocycles. The van der Waals surface area contributed by atoms with Gasteiger partial charge in [-0.05, 0) is 54.7 Å². The Labute approximate surface area is 194 Å². The van der Waals surface area contributed by atoms with Crippen molar-refractivity contribution in [2.24, 2.45) is 17.8 Å². The number of carboxylic acids is 1. The Morgan fingerprint density at radius 3 is 2.39 bits per heavy atom. The SMILES string of the molecule is CC(C)CN(CC(C)C)c1ccc(C2CC2C(=O)O)cc1NC(=O)Nc1cc(C2CC2)no1. The fourth-order valence-corrected chi connectivity index (χ4v) is 4.33. The van der Waals surface area contributed by atoms with E-state index in [1.54, 1.807) is 6.07 Å². The first-order valence-electron chi connectivity index (χ1n) is 11.9. The summed E-state index contributed by atoms with van der Waals surface area (Å²) in [5.41, 5.74) is 3.41. The number of aromatic nitrogens is 1. The van der Waals surface area contributed by atoms with Crippen molar-refractivity contribution in [3.8, 4) is 0 Å². The van der Waals surface area contributed by atoms with Crippen molar-refractivity contribution in [1.29, 1.82) is 0 Å². The highest BCUT2D eigenvalue weighted by Gasteiger charge is 2.44. The number of benzene rings is 1. The van der Waals surface area contributed by atoms with Gasteiger partial charge in [0.05, 0.1) is 23.0 Å². The second-order valence-electron chi connectivity index (χ2n) is 10.2. The van der Waals surface area contributed by atoms with Crippen molar-refractivity contribution in [2.45, 2.75) is 58.8 Å². The third kappa shape index (κ3) is 5.86. The van der Waals surface area contributed by atoms with Gasteiger partial charge in [-0.3, -0.25) is 10.1 Å². The average molecular weight is 455 g/mol. The molecular weight excluding hydrogens is 420 g/mol. The highest BCUT2D eigenvalue weighted by Crippen LogP contribution is 2.49. The van der Waals surface area contributed by atoms with Gasteiger partial charge >= 0.3 is 12.0 Å². The van der Waals surface area contributed by atoms with Crippen molar-refractivity contribution in [3.05, 3.63) is 35.5 Å². The van der Waals surface area contributed by atoms with Gasteiger partial charge in [-0.25, -0.2) is 4.79 Å². The van der Waals surface area contributed by atoms with Gasteiger partial charge in [-0.2, -0.15) is 0 Å². The number of carbonyl (C=O) groups excluding carboxylic acids is 1. The second kappa shape index (κ2) is 9.45. The summed E-state index contributed by atoms with van der Waals surface area (Å²) in [6, 6.07) is 7.29. The molecule has 178 valence electrons. The van der Waals surface area contributed by atoms with Crippen LogP contribution in [0, 0.1) is 17.8 Å². The van der Waals surface area contributed by atoms with E-state index in [1.165, 1.54) is 0 Å². The van der Waals surface area contributed by atoms with Gasteiger partial charge in [0.2, 0.25) is 5.88 Å². The zero-order chi connectivity index (χ0) is 23.7. The van der Waals surface area contributed by atoms with Crippen LogP contribution in [0.25, 0.3) is 0 Å². The number of urea groups is 1. The van der Waals surface area contributed by atoms with Crippen molar-refractivity contribution in [1.82, 2.24) is 5.16 Å². The number of aliphatic carboxylic acids is 1. The van der Waals surface area contributed by atoms with E-state index < -0.39 is 12.0 Å². The van der Waals surface area contributed by atoms with Crippen molar-refractivity contribution in [2.75, 3.05) is 28.6 Å². The zero-order valence-corrected chi connectivity index (χ0v) is 19.8. The van der Waals surface area contributed by atoms with Crippen LogP contribution >= 0.6 is 0 Å². The molecule has 2 atom stereocenters. The number of hydrogen-bond acceptors (Lipinski definition) is 5. The molecule has 8 nitrogen and oxygen atoms in total. The van der Waals surface area contributed by atoms with E-state index in [0.717, 1.165) is 42.9 Å². The maximum Gasteiger partial charge on any atom is 0.326 e. The summed E-state index contributed by atoms with van der Waals surface area (Å²) < 4.78 is 5.27. The van der Waals surface area contributed by atoms with Gasteiger partial charge in [0.25, 0.3) is 0 Å². The maximum atomic E-state index is 12.8. The summed E-state index contributed by atoms with van der Waals surface area (Å²) in [7, 11) is 0. The average Bonchev–Trinajstić information content (AvgIpc) is 3.64. The summed E-state index contributed by atoms with van der Waals surface area (Å²) in [4.78, 5) is 26.5. The molecule has 33 heavy (non-hydrogen) atoms. The van der Waals surface area contributed by atoms with Crippen LogP contribution in [-0.2, 0) is 4.79 Å². The van der Waals surface area contributed by atoms with E-state index in [2.05, 4.69) is 48.4 Å². The molecule has 1 aromatic carbocycles. The van der Waals surface area contributed by atoms with Crippen LogP contribution < -0.4 is 15.5 Å². The van der Waals surface area contributed by atoms with Crippen LogP contribution in [0.5, 0.6) is 0 Å². The minimum absolute atomic E-state index is 0.0146. The predicted molar refractivity (Wildman–Crippen MR) is 128 cm³/mol. The minimum atomic E-state index is -0.769. The molecule has 1 heterocycles. The highest BCUT2D eigenvalue weighted by molar-refractivity contribution is 6.01. The van der Waals surface area contributed by atoms with Crippen LogP contribution in [0.3, 0.4) is 0 Å². The second-order valence-corrected chi connectivity index (χ2v) is 10.2. The molecule has 2 aromatic rings. The fourth-order valence-electron chi connectivity index (χ4n) is 4.33. The Bertz CT molecular complexity index is 1000. The third-order valence-corrected chi connectivity index (χ3v) is 6.08. The van der Waals surface area contributed by atoms with Gasteiger partial charge in [0, 0.05) is 25.1 Å². The Morgan fingerprint density at radius 1 is 1.12 bits per heavy atom. The third-order valence-electron chi connectivity index (χ3n) is 6.08. The van der Waals surface area contributed by atoms with E-state index in [-0.39, 0.29) is 11.8 Å². The van der Waals surface area contributed by atoms with E-state index in [1.807, 2.05) is 18.2 Å². The van der Waals surface area contributed by atoms with Crippen molar-refractivity contribution >= 4 is 29.3 Å². The number of nitrogens with zero attached hydrogens (tertiary/aromatic N) is 2. The topological polar surface area (TPSA) is 108 Å². The summed E-state index contributed by atoms with van der Waals surface area (Å²) in [5, 5.41) is 19.1. The van der Waals surface area contributed by atoms with E-state index in [4.69, 9.17) is 4.52 Å². The van der Waals surface area contributed by atoms with E-state index in [9.17, 15) is 14.7 Å². The number of nitrogens with one attached hydrogen (secondary N) is 2. The standard InChI is InChI=1S/C25H34N4O4/c1-14(2)12-29(13-15(3)4)22-8-7-17(18-10-19(18)24(30)31)9-21(22)26-25(32)27-23-11-20(28-33-23)16-5-6-16/h7-9,11,14-16,18-19H,5-6,10,12-13H2,1-4H3,(H,30,31)(H2,26,27,32). The lowest BCUT2D eigenvalue weighted by atomic mass is 10.0. The summed E-state index contributed by atoms with van der Waals surface area (Å²) >= 11 is 0. The van der Waals surface area contributed by atoms with Gasteiger partial charge in [0.15, 0.2) is 0 Å². The Morgan fingerprint density at radius 2 is 1.82 bits per heavy atom. The molecule has 0 spiro atoms. The molecule has 0 saturated heterocycles.